The molecule has 0 aliphatic heterocycles. The van der Waals surface area contributed by atoms with Crippen molar-refractivity contribution in [3.63, 3.8) is 0 Å². The molecule has 0 aliphatic rings. The zero-order valence-corrected chi connectivity index (χ0v) is 5.79. The molecule has 0 saturated carbocycles. The van der Waals surface area contributed by atoms with Gasteiger partial charge in [0.1, 0.15) is 0 Å². The molecule has 7 heavy (non-hydrogen) atoms. The van der Waals surface area contributed by atoms with E-state index in [-0.39, 0.29) is 7.02 Å². The Morgan fingerprint density at radius 3 is 3.29 bits per heavy atom. The molecule has 0 saturated heterocycles. The molecular weight excluding hydrogens is 203 g/mol. The van der Waals surface area contributed by atoms with Crippen molar-refractivity contribution in [2.75, 3.05) is 0 Å². The number of aromatic nitrogens is 2. The fourth-order valence-electron chi connectivity index (χ4n) is 0.338. The first-order chi connectivity index (χ1) is 3.83. The van der Waals surface area contributed by atoms with Gasteiger partial charge in [-0.15, -0.1) is 0 Å². The molecule has 2 nitrogen and oxygen atoms in total. The summed E-state index contributed by atoms with van der Waals surface area (Å²) in [7, 11) is 0.211. The number of nitrogens with zero attached hydrogens (tertiary/aromatic N) is 2. The maximum Gasteiger partial charge on any atom is 0.0623 e. The van der Waals surface area contributed by atoms with Crippen molar-refractivity contribution in [1.82, 2.24) is 9.78 Å². The van der Waals surface area contributed by atoms with Crippen LogP contribution in [0.2, 0.25) is 0 Å². The fraction of sp³-hybridized carbons (Fsp3) is 0.250. The molecule has 0 unspecified atom stereocenters. The van der Waals surface area contributed by atoms with E-state index in [0.717, 1.165) is 3.57 Å². The van der Waals surface area contributed by atoms with E-state index in [1.54, 1.807) is 10.9 Å². The van der Waals surface area contributed by atoms with Gasteiger partial charge >= 0.3 is 0 Å². The van der Waals surface area contributed by atoms with Gasteiger partial charge in [-0.1, -0.05) is 0 Å². The number of halogens is 1. The van der Waals surface area contributed by atoms with Gasteiger partial charge < -0.3 is 0 Å². The van der Waals surface area contributed by atoms with Crippen molar-refractivity contribution in [1.29, 1.82) is 0 Å². The first-order valence-corrected chi connectivity index (χ1v) is 2.88. The summed E-state index contributed by atoms with van der Waals surface area (Å²) >= 11 is 2.16. The molecule has 0 N–H and O–H groups in total. The normalized spacial score (nSPS) is 11.3. The molecule has 0 spiro atoms. The van der Waals surface area contributed by atoms with E-state index in [1.807, 2.05) is 6.20 Å². The second-order valence-corrected chi connectivity index (χ2v) is 2.44. The minimum Gasteiger partial charge on any atom is -0.275 e. The summed E-state index contributed by atoms with van der Waals surface area (Å²) in [4.78, 5) is 0. The number of aryl methyl sites for hydroxylation is 1. The van der Waals surface area contributed by atoms with Gasteiger partial charge in [-0.2, -0.15) is 5.10 Å². The molecule has 1 aromatic rings. The standard InChI is InChI=1S/C4H5IN2/c1-7-3-4(5)2-6-7/h2-3H,1H3/i1D. The number of hydrogen-bond donors (Lipinski definition) is 0. The quantitative estimate of drug-likeness (QED) is 0.583. The van der Waals surface area contributed by atoms with E-state index >= 15 is 0 Å². The third-order valence-corrected chi connectivity index (χ3v) is 1.16. The molecule has 38 valence electrons. The van der Waals surface area contributed by atoms with Crippen LogP contribution in [0.15, 0.2) is 12.4 Å². The van der Waals surface area contributed by atoms with E-state index in [1.165, 1.54) is 0 Å². The Bertz CT molecular complexity index is 174. The monoisotopic (exact) mass is 209 g/mol. The Balaban J connectivity index is 2.84. The molecule has 0 radical (unpaired) electrons. The highest BCUT2D eigenvalue weighted by molar-refractivity contribution is 14.1. The summed E-state index contributed by atoms with van der Waals surface area (Å²) in [5.41, 5.74) is 0. The molecule has 0 fully saturated rings. The first kappa shape index (κ1) is 3.88. The van der Waals surface area contributed by atoms with Gasteiger partial charge in [0.2, 0.25) is 0 Å². The molecule has 0 aliphatic carbocycles. The summed E-state index contributed by atoms with van der Waals surface area (Å²) in [5, 5.41) is 3.86. The van der Waals surface area contributed by atoms with Crippen molar-refractivity contribution in [2.45, 2.75) is 0 Å². The lowest BCUT2D eigenvalue weighted by molar-refractivity contribution is 0.767. The van der Waals surface area contributed by atoms with Crippen LogP contribution in [0.4, 0.5) is 0 Å². The third-order valence-electron chi connectivity index (χ3n) is 0.602. The number of rotatable bonds is 0. The lowest BCUT2D eigenvalue weighted by Crippen LogP contribution is -1.83. The maximum atomic E-state index is 6.85. The Morgan fingerprint density at radius 1 is 2.14 bits per heavy atom. The van der Waals surface area contributed by atoms with Crippen molar-refractivity contribution < 1.29 is 1.37 Å². The van der Waals surface area contributed by atoms with Gasteiger partial charge in [0.05, 0.1) is 9.77 Å². The Morgan fingerprint density at radius 2 is 3.00 bits per heavy atom. The Hall–Kier alpha value is -0.0600. The summed E-state index contributed by atoms with van der Waals surface area (Å²) in [5.74, 6) is 0. The Kier molecular flexibility index (Phi) is 1.01. The van der Waals surface area contributed by atoms with Crippen LogP contribution in [0.25, 0.3) is 0 Å². The van der Waals surface area contributed by atoms with Crippen LogP contribution >= 0.6 is 22.6 Å². The van der Waals surface area contributed by atoms with Crippen LogP contribution in [0.1, 0.15) is 1.37 Å². The highest BCUT2D eigenvalue weighted by Crippen LogP contribution is 1.98. The fourth-order valence-corrected chi connectivity index (χ4v) is 0.784. The predicted octanol–water partition coefficient (Wildman–Crippen LogP) is 1.02. The molecule has 0 bridgehead atoms. The number of hydrogen-bond acceptors (Lipinski definition) is 1. The predicted molar refractivity (Wildman–Crippen MR) is 35.9 cm³/mol. The van der Waals surface area contributed by atoms with Crippen molar-refractivity contribution in [2.24, 2.45) is 7.02 Å². The summed E-state index contributed by atoms with van der Waals surface area (Å²) < 4.78 is 9.50. The van der Waals surface area contributed by atoms with Gasteiger partial charge in [0, 0.05) is 14.6 Å². The Labute approximate surface area is 57.1 Å². The highest BCUT2D eigenvalue weighted by Gasteiger charge is 1.83. The largest absolute Gasteiger partial charge is 0.275 e. The maximum absolute atomic E-state index is 6.85. The second-order valence-electron chi connectivity index (χ2n) is 1.20. The van der Waals surface area contributed by atoms with Gasteiger partial charge in [-0.25, -0.2) is 0 Å². The van der Waals surface area contributed by atoms with Crippen LogP contribution in [0, 0.1) is 3.57 Å². The van der Waals surface area contributed by atoms with Crippen LogP contribution in [0.3, 0.4) is 0 Å². The molecule has 3 heteroatoms. The van der Waals surface area contributed by atoms with E-state index in [0.29, 0.717) is 0 Å². The molecule has 0 amide bonds. The van der Waals surface area contributed by atoms with E-state index in [4.69, 9.17) is 1.37 Å². The molecular formula is C4H5IN2. The topological polar surface area (TPSA) is 17.8 Å². The molecule has 1 heterocycles. The van der Waals surface area contributed by atoms with Crippen LogP contribution in [0.5, 0.6) is 0 Å². The lowest BCUT2D eigenvalue weighted by atomic mass is 10.8. The van der Waals surface area contributed by atoms with Gasteiger partial charge in [0.15, 0.2) is 0 Å². The highest BCUT2D eigenvalue weighted by atomic mass is 127. The molecule has 0 atom stereocenters. The average molecular weight is 209 g/mol. The van der Waals surface area contributed by atoms with Crippen LogP contribution < -0.4 is 0 Å². The van der Waals surface area contributed by atoms with Crippen molar-refractivity contribution in [3.8, 4) is 0 Å². The van der Waals surface area contributed by atoms with Gasteiger partial charge in [0.25, 0.3) is 0 Å². The van der Waals surface area contributed by atoms with E-state index in [2.05, 4.69) is 27.7 Å². The van der Waals surface area contributed by atoms with Crippen LogP contribution in [-0.2, 0) is 7.02 Å². The second kappa shape index (κ2) is 1.81. The van der Waals surface area contributed by atoms with E-state index < -0.39 is 0 Å². The van der Waals surface area contributed by atoms with Crippen molar-refractivity contribution >= 4 is 22.6 Å². The third kappa shape index (κ3) is 1.15. The minimum absolute atomic E-state index is 0.211. The smallest absolute Gasteiger partial charge is 0.0623 e. The summed E-state index contributed by atoms with van der Waals surface area (Å²) in [6.07, 6.45) is 3.56. The van der Waals surface area contributed by atoms with Crippen LogP contribution in [-0.4, -0.2) is 9.78 Å². The summed E-state index contributed by atoms with van der Waals surface area (Å²) in [6, 6.07) is 0. The SMILES string of the molecule is [2H]Cn1cc(I)cn1. The zero-order valence-electron chi connectivity index (χ0n) is 4.63. The molecule has 1 rings (SSSR count). The van der Waals surface area contributed by atoms with Gasteiger partial charge in [-0.05, 0) is 22.6 Å². The van der Waals surface area contributed by atoms with Gasteiger partial charge in [-0.3, -0.25) is 4.68 Å². The lowest BCUT2D eigenvalue weighted by Gasteiger charge is -1.78. The molecule has 0 aromatic carbocycles. The first-order valence-electron chi connectivity index (χ1n) is 2.51. The average Bonchev–Trinajstić information content (AvgIpc) is 2.14. The minimum atomic E-state index is 0.211. The molecule has 1 aromatic heterocycles. The summed E-state index contributed by atoms with van der Waals surface area (Å²) in [6.45, 7) is 0. The van der Waals surface area contributed by atoms with Crippen molar-refractivity contribution in [3.05, 3.63) is 16.0 Å². The van der Waals surface area contributed by atoms with E-state index in [9.17, 15) is 0 Å². The zero-order chi connectivity index (χ0) is 5.98.